The van der Waals surface area contributed by atoms with E-state index >= 15 is 0 Å². The summed E-state index contributed by atoms with van der Waals surface area (Å²) in [6, 6.07) is 6.42. The molecule has 1 aromatic rings. The average molecular weight is 202 g/mol. The summed E-state index contributed by atoms with van der Waals surface area (Å²) >= 11 is 0. The zero-order chi connectivity index (χ0) is 10.8. The number of halogens is 1. The number of hydrogen-bond acceptors (Lipinski definition) is 0. The van der Waals surface area contributed by atoms with Crippen LogP contribution in [-0.2, 0) is 0 Å². The Balaban J connectivity index is 2.35. The smallest absolute Gasteiger partial charge is 0.100 e. The first-order chi connectivity index (χ1) is 7.16. The van der Waals surface area contributed by atoms with Gasteiger partial charge in [-0.25, -0.2) is 4.39 Å². The molecule has 0 saturated heterocycles. The van der Waals surface area contributed by atoms with Crippen molar-refractivity contribution in [2.24, 2.45) is 0 Å². The lowest BCUT2D eigenvalue weighted by molar-refractivity contribution is 0.590. The Kier molecular flexibility index (Phi) is 2.72. The molecule has 78 valence electrons. The normalized spacial score (nSPS) is 15.9. The van der Waals surface area contributed by atoms with Crippen LogP contribution in [0.5, 0.6) is 0 Å². The van der Waals surface area contributed by atoms with Crippen LogP contribution in [0.2, 0.25) is 0 Å². The van der Waals surface area contributed by atoms with Gasteiger partial charge in [-0.3, -0.25) is 0 Å². The SMILES string of the molecule is Cc1ccc(C2=CC=C(F)CC2)cc1C. The van der Waals surface area contributed by atoms with Gasteiger partial charge in [-0.15, -0.1) is 0 Å². The van der Waals surface area contributed by atoms with Crippen LogP contribution in [0.25, 0.3) is 5.57 Å². The molecule has 0 unspecified atom stereocenters. The van der Waals surface area contributed by atoms with Crippen LogP contribution in [0.1, 0.15) is 29.5 Å². The van der Waals surface area contributed by atoms with Crippen LogP contribution in [0.3, 0.4) is 0 Å². The minimum atomic E-state index is -0.0115. The first kappa shape index (κ1) is 10.2. The third-order valence-electron chi connectivity index (χ3n) is 2.98. The maximum absolute atomic E-state index is 12.8. The summed E-state index contributed by atoms with van der Waals surface area (Å²) in [6.45, 7) is 4.21. The van der Waals surface area contributed by atoms with Crippen LogP contribution in [0.4, 0.5) is 4.39 Å². The van der Waals surface area contributed by atoms with Crippen molar-refractivity contribution in [2.45, 2.75) is 26.7 Å². The summed E-state index contributed by atoms with van der Waals surface area (Å²) in [6.07, 6.45) is 4.82. The Bertz CT molecular complexity index is 439. The summed E-state index contributed by atoms with van der Waals surface area (Å²) < 4.78 is 12.8. The van der Waals surface area contributed by atoms with Crippen molar-refractivity contribution in [1.29, 1.82) is 0 Å². The molecule has 0 amide bonds. The van der Waals surface area contributed by atoms with Crippen molar-refractivity contribution in [3.63, 3.8) is 0 Å². The van der Waals surface area contributed by atoms with E-state index in [0.29, 0.717) is 6.42 Å². The molecular weight excluding hydrogens is 187 g/mol. The van der Waals surface area contributed by atoms with E-state index in [0.717, 1.165) is 6.42 Å². The highest BCUT2D eigenvalue weighted by molar-refractivity contribution is 5.69. The van der Waals surface area contributed by atoms with Gasteiger partial charge in [0.2, 0.25) is 0 Å². The van der Waals surface area contributed by atoms with E-state index in [9.17, 15) is 4.39 Å². The number of aryl methyl sites for hydroxylation is 2. The molecule has 0 saturated carbocycles. The highest BCUT2D eigenvalue weighted by Gasteiger charge is 2.08. The van der Waals surface area contributed by atoms with Gasteiger partial charge in [0.05, 0.1) is 0 Å². The van der Waals surface area contributed by atoms with Crippen LogP contribution in [-0.4, -0.2) is 0 Å². The first-order valence-corrected chi connectivity index (χ1v) is 5.29. The maximum atomic E-state index is 12.8. The van der Waals surface area contributed by atoms with E-state index in [1.165, 1.54) is 22.3 Å². The van der Waals surface area contributed by atoms with E-state index in [1.807, 2.05) is 6.08 Å². The van der Waals surface area contributed by atoms with Crippen LogP contribution in [0, 0.1) is 13.8 Å². The minimum Gasteiger partial charge on any atom is -0.212 e. The molecular formula is C14H15F. The second kappa shape index (κ2) is 4.01. The van der Waals surface area contributed by atoms with E-state index in [-0.39, 0.29) is 5.83 Å². The monoisotopic (exact) mass is 202 g/mol. The number of rotatable bonds is 1. The third-order valence-corrected chi connectivity index (χ3v) is 2.98. The number of allylic oxidation sites excluding steroid dienone is 4. The van der Waals surface area contributed by atoms with E-state index < -0.39 is 0 Å². The second-order valence-corrected chi connectivity index (χ2v) is 4.10. The summed E-state index contributed by atoms with van der Waals surface area (Å²) in [5.74, 6) is -0.0115. The van der Waals surface area contributed by atoms with Crippen LogP contribution < -0.4 is 0 Å². The zero-order valence-corrected chi connectivity index (χ0v) is 9.18. The van der Waals surface area contributed by atoms with E-state index in [1.54, 1.807) is 6.08 Å². The minimum absolute atomic E-state index is 0.0115. The third kappa shape index (κ3) is 2.17. The average Bonchev–Trinajstić information content (AvgIpc) is 2.23. The van der Waals surface area contributed by atoms with Gasteiger partial charge in [-0.05, 0) is 48.6 Å². The van der Waals surface area contributed by atoms with Crippen molar-refractivity contribution in [2.75, 3.05) is 0 Å². The van der Waals surface area contributed by atoms with Gasteiger partial charge in [0.25, 0.3) is 0 Å². The molecule has 0 radical (unpaired) electrons. The predicted molar refractivity (Wildman–Crippen MR) is 62.3 cm³/mol. The highest BCUT2D eigenvalue weighted by Crippen LogP contribution is 2.28. The molecule has 0 fully saturated rings. The van der Waals surface area contributed by atoms with Crippen molar-refractivity contribution >= 4 is 5.57 Å². The lowest BCUT2D eigenvalue weighted by atomic mass is 9.94. The van der Waals surface area contributed by atoms with Crippen molar-refractivity contribution in [3.8, 4) is 0 Å². The fourth-order valence-corrected chi connectivity index (χ4v) is 1.79. The zero-order valence-electron chi connectivity index (χ0n) is 9.18. The molecule has 0 atom stereocenters. The summed E-state index contributed by atoms with van der Waals surface area (Å²) in [7, 11) is 0. The molecule has 0 heterocycles. The fraction of sp³-hybridized carbons (Fsp3) is 0.286. The molecule has 15 heavy (non-hydrogen) atoms. The molecule has 0 bridgehead atoms. The fourth-order valence-electron chi connectivity index (χ4n) is 1.79. The number of benzene rings is 1. The van der Waals surface area contributed by atoms with Gasteiger partial charge in [0.1, 0.15) is 5.83 Å². The quantitative estimate of drug-likeness (QED) is 0.635. The largest absolute Gasteiger partial charge is 0.212 e. The van der Waals surface area contributed by atoms with Gasteiger partial charge < -0.3 is 0 Å². The summed E-state index contributed by atoms with van der Waals surface area (Å²) in [5.41, 5.74) is 5.06. The molecule has 1 heteroatoms. The molecule has 0 aliphatic heterocycles. The molecule has 0 nitrogen and oxygen atoms in total. The molecule has 1 aliphatic carbocycles. The molecule has 0 spiro atoms. The Labute approximate surface area is 90.1 Å². The maximum Gasteiger partial charge on any atom is 0.100 e. The topological polar surface area (TPSA) is 0 Å². The summed E-state index contributed by atoms with van der Waals surface area (Å²) in [5, 5.41) is 0. The number of hydrogen-bond donors (Lipinski definition) is 0. The van der Waals surface area contributed by atoms with Gasteiger partial charge in [0.15, 0.2) is 0 Å². The predicted octanol–water partition coefficient (Wildman–Crippen LogP) is 4.33. The molecule has 1 aliphatic rings. The molecule has 0 aromatic heterocycles. The molecule has 0 N–H and O–H groups in total. The summed E-state index contributed by atoms with van der Waals surface area (Å²) in [4.78, 5) is 0. The van der Waals surface area contributed by atoms with Crippen molar-refractivity contribution < 1.29 is 4.39 Å². The van der Waals surface area contributed by atoms with Gasteiger partial charge >= 0.3 is 0 Å². The van der Waals surface area contributed by atoms with E-state index in [2.05, 4.69) is 32.0 Å². The molecule has 2 rings (SSSR count). The van der Waals surface area contributed by atoms with Crippen LogP contribution >= 0.6 is 0 Å². The van der Waals surface area contributed by atoms with E-state index in [4.69, 9.17) is 0 Å². The Morgan fingerprint density at radius 1 is 1.00 bits per heavy atom. The first-order valence-electron chi connectivity index (χ1n) is 5.29. The van der Waals surface area contributed by atoms with Gasteiger partial charge in [-0.1, -0.05) is 24.3 Å². The standard InChI is InChI=1S/C14H15F/c1-10-3-4-13(9-11(10)2)12-5-7-14(15)8-6-12/h3-5,7,9H,6,8H2,1-2H3. The lowest BCUT2D eigenvalue weighted by Gasteiger charge is -2.12. The second-order valence-electron chi connectivity index (χ2n) is 4.10. The van der Waals surface area contributed by atoms with Crippen molar-refractivity contribution in [3.05, 3.63) is 52.9 Å². The Morgan fingerprint density at radius 2 is 1.80 bits per heavy atom. The molecule has 1 aromatic carbocycles. The van der Waals surface area contributed by atoms with Gasteiger partial charge in [-0.2, -0.15) is 0 Å². The van der Waals surface area contributed by atoms with Crippen LogP contribution in [0.15, 0.2) is 36.2 Å². The Hall–Kier alpha value is -1.37. The Morgan fingerprint density at radius 3 is 2.40 bits per heavy atom. The van der Waals surface area contributed by atoms with Crippen molar-refractivity contribution in [1.82, 2.24) is 0 Å². The highest BCUT2D eigenvalue weighted by atomic mass is 19.1. The lowest BCUT2D eigenvalue weighted by Crippen LogP contribution is -1.92. The van der Waals surface area contributed by atoms with Gasteiger partial charge in [0, 0.05) is 6.42 Å².